The molecule has 0 aromatic heterocycles. The minimum Gasteiger partial charge on any atom is -0.508 e. The molecule has 3 heterocycles. The van der Waals surface area contributed by atoms with Crippen molar-refractivity contribution in [2.45, 2.75) is 51.2 Å². The molecular weight excluding hydrogens is 480 g/mol. The Bertz CT molecular complexity index is 1300. The van der Waals surface area contributed by atoms with Crippen LogP contribution < -0.4 is 0 Å². The molecule has 5 heteroatoms. The molecule has 39 heavy (non-hydrogen) atoms. The number of hydrogen-bond acceptors (Lipinski definition) is 5. The minimum atomic E-state index is 0.324. The van der Waals surface area contributed by atoms with Crippen molar-refractivity contribution >= 4 is 5.84 Å². The predicted octanol–water partition coefficient (Wildman–Crippen LogP) is 5.37. The van der Waals surface area contributed by atoms with Gasteiger partial charge < -0.3 is 19.8 Å². The average molecular weight is 521 g/mol. The average Bonchev–Trinajstić information content (AvgIpc) is 3.46. The van der Waals surface area contributed by atoms with Gasteiger partial charge in [-0.15, -0.1) is 0 Å². The standard InChI is InChI=1S/C34H40N4O/c1-25(2)32-22-35-33-21-34-36(18-17-26-9-5-3-6-10-26)29(20-28-13-15-31(39)16-14-28)23-37(34)30(24-38(32)33)19-27-11-7-4-8-12-27/h3-16,21,25,29-30,32,39H,17-20,22-24H2,1-2H3/t29-,30-,32+/m0/s1. The van der Waals surface area contributed by atoms with Gasteiger partial charge in [0.1, 0.15) is 17.4 Å². The van der Waals surface area contributed by atoms with Gasteiger partial charge in [0.15, 0.2) is 0 Å². The first-order chi connectivity index (χ1) is 19.0. The fourth-order valence-corrected chi connectivity index (χ4v) is 6.52. The van der Waals surface area contributed by atoms with Gasteiger partial charge in [-0.2, -0.15) is 0 Å². The fraction of sp³-hybridized carbons (Fsp3) is 0.382. The Morgan fingerprint density at radius 2 is 1.38 bits per heavy atom. The number of rotatable bonds is 8. The molecule has 1 saturated heterocycles. The van der Waals surface area contributed by atoms with E-state index in [0.29, 0.717) is 29.8 Å². The lowest BCUT2D eigenvalue weighted by Gasteiger charge is -2.35. The number of benzene rings is 3. The van der Waals surface area contributed by atoms with E-state index >= 15 is 0 Å². The topological polar surface area (TPSA) is 42.3 Å². The highest BCUT2D eigenvalue weighted by molar-refractivity contribution is 5.95. The zero-order valence-electron chi connectivity index (χ0n) is 23.2. The second-order valence-corrected chi connectivity index (χ2v) is 11.6. The quantitative estimate of drug-likeness (QED) is 0.434. The largest absolute Gasteiger partial charge is 0.508 e. The normalized spacial score (nSPS) is 22.4. The number of phenols is 1. The summed E-state index contributed by atoms with van der Waals surface area (Å²) >= 11 is 0. The lowest BCUT2D eigenvalue weighted by molar-refractivity contribution is 0.193. The van der Waals surface area contributed by atoms with Gasteiger partial charge in [-0.05, 0) is 54.0 Å². The number of aromatic hydroxyl groups is 1. The Hall–Kier alpha value is -3.73. The third-order valence-electron chi connectivity index (χ3n) is 8.65. The molecule has 3 aliphatic heterocycles. The van der Waals surface area contributed by atoms with Crippen molar-refractivity contribution in [3.63, 3.8) is 0 Å². The molecule has 0 radical (unpaired) electrons. The van der Waals surface area contributed by atoms with Gasteiger partial charge in [0, 0.05) is 25.7 Å². The number of aliphatic imine (C=N–C) groups is 1. The fourth-order valence-electron chi connectivity index (χ4n) is 6.52. The minimum absolute atomic E-state index is 0.324. The van der Waals surface area contributed by atoms with Gasteiger partial charge in [0.2, 0.25) is 0 Å². The van der Waals surface area contributed by atoms with Crippen molar-refractivity contribution in [3.05, 3.63) is 114 Å². The van der Waals surface area contributed by atoms with Crippen molar-refractivity contribution in [1.29, 1.82) is 0 Å². The van der Waals surface area contributed by atoms with Crippen molar-refractivity contribution in [1.82, 2.24) is 14.7 Å². The second kappa shape index (κ2) is 11.2. The highest BCUT2D eigenvalue weighted by atomic mass is 16.3. The lowest BCUT2D eigenvalue weighted by Crippen LogP contribution is -2.47. The van der Waals surface area contributed by atoms with Crippen molar-refractivity contribution in [3.8, 4) is 5.75 Å². The second-order valence-electron chi connectivity index (χ2n) is 11.6. The van der Waals surface area contributed by atoms with Crippen LogP contribution in [0.2, 0.25) is 0 Å². The van der Waals surface area contributed by atoms with Crippen LogP contribution in [0.5, 0.6) is 5.75 Å². The number of hydrogen-bond donors (Lipinski definition) is 1. The van der Waals surface area contributed by atoms with Gasteiger partial charge >= 0.3 is 0 Å². The van der Waals surface area contributed by atoms with E-state index in [1.54, 1.807) is 0 Å². The predicted molar refractivity (Wildman–Crippen MR) is 159 cm³/mol. The van der Waals surface area contributed by atoms with Gasteiger partial charge in [0.05, 0.1) is 24.7 Å². The highest BCUT2D eigenvalue weighted by Gasteiger charge is 2.43. The number of fused-ring (bicyclic) bond motifs is 2. The zero-order valence-corrected chi connectivity index (χ0v) is 23.2. The zero-order chi connectivity index (χ0) is 26.8. The van der Waals surface area contributed by atoms with Crippen LogP contribution in [0.1, 0.15) is 30.5 Å². The summed E-state index contributed by atoms with van der Waals surface area (Å²) in [7, 11) is 0. The molecular formula is C34H40N4O. The Labute approximate surface area is 233 Å². The maximum Gasteiger partial charge on any atom is 0.127 e. The molecule has 5 nitrogen and oxygen atoms in total. The third kappa shape index (κ3) is 5.54. The molecule has 0 aliphatic carbocycles. The lowest BCUT2D eigenvalue weighted by atomic mass is 10.00. The SMILES string of the molecule is CC(C)[C@H]1CN=C2C=C3N(CCc4ccccc4)[C@@H](Cc4ccc(O)cc4)CN3[C@@H](Cc3ccccc3)CN21. The van der Waals surface area contributed by atoms with E-state index in [2.05, 4.69) is 107 Å². The van der Waals surface area contributed by atoms with Gasteiger partial charge in [-0.3, -0.25) is 4.99 Å². The first-order valence-corrected chi connectivity index (χ1v) is 14.5. The van der Waals surface area contributed by atoms with Gasteiger partial charge in [-0.1, -0.05) is 86.6 Å². The van der Waals surface area contributed by atoms with Crippen LogP contribution in [0.4, 0.5) is 0 Å². The Kier molecular flexibility index (Phi) is 7.32. The third-order valence-corrected chi connectivity index (χ3v) is 8.65. The molecule has 0 bridgehead atoms. The Morgan fingerprint density at radius 3 is 2.08 bits per heavy atom. The molecule has 6 rings (SSSR count). The molecule has 3 aromatic rings. The van der Waals surface area contributed by atoms with Crippen LogP contribution in [0.3, 0.4) is 0 Å². The van der Waals surface area contributed by atoms with Crippen molar-refractivity contribution in [2.24, 2.45) is 10.9 Å². The Balaban J connectivity index is 1.35. The van der Waals surface area contributed by atoms with E-state index in [4.69, 9.17) is 4.99 Å². The number of nitrogens with zero attached hydrogens (tertiary/aromatic N) is 4. The van der Waals surface area contributed by atoms with Crippen molar-refractivity contribution in [2.75, 3.05) is 26.2 Å². The molecule has 0 saturated carbocycles. The summed E-state index contributed by atoms with van der Waals surface area (Å²) in [6.07, 6.45) is 5.36. The van der Waals surface area contributed by atoms with E-state index in [-0.39, 0.29) is 0 Å². The smallest absolute Gasteiger partial charge is 0.127 e. The maximum absolute atomic E-state index is 9.86. The van der Waals surface area contributed by atoms with E-state index in [1.807, 2.05) is 12.1 Å². The highest BCUT2D eigenvalue weighted by Crippen LogP contribution is 2.35. The Morgan fingerprint density at radius 1 is 0.769 bits per heavy atom. The van der Waals surface area contributed by atoms with E-state index in [1.165, 1.54) is 22.5 Å². The van der Waals surface area contributed by atoms with E-state index in [9.17, 15) is 5.11 Å². The van der Waals surface area contributed by atoms with Crippen LogP contribution in [0, 0.1) is 5.92 Å². The molecule has 3 aliphatic rings. The van der Waals surface area contributed by atoms with Gasteiger partial charge in [-0.25, -0.2) is 0 Å². The maximum atomic E-state index is 9.86. The number of phenolic OH excluding ortho intramolecular Hbond substituents is 1. The van der Waals surface area contributed by atoms with Crippen LogP contribution in [0.15, 0.2) is 102 Å². The summed E-state index contributed by atoms with van der Waals surface area (Å²) in [6.45, 7) is 8.49. The summed E-state index contributed by atoms with van der Waals surface area (Å²) in [5, 5.41) is 9.86. The van der Waals surface area contributed by atoms with E-state index < -0.39 is 0 Å². The first kappa shape index (κ1) is 25.5. The van der Waals surface area contributed by atoms with Crippen molar-refractivity contribution < 1.29 is 5.11 Å². The molecule has 0 amide bonds. The molecule has 202 valence electrons. The van der Waals surface area contributed by atoms with Gasteiger partial charge in [0.25, 0.3) is 0 Å². The molecule has 3 atom stereocenters. The van der Waals surface area contributed by atoms with Crippen LogP contribution >= 0.6 is 0 Å². The molecule has 1 fully saturated rings. The summed E-state index contributed by atoms with van der Waals surface area (Å²) in [5.41, 5.74) is 4.02. The van der Waals surface area contributed by atoms with Crippen LogP contribution in [0.25, 0.3) is 0 Å². The molecule has 0 unspecified atom stereocenters. The molecule has 3 aromatic carbocycles. The summed E-state index contributed by atoms with van der Waals surface area (Å²) < 4.78 is 0. The summed E-state index contributed by atoms with van der Waals surface area (Å²) in [6, 6.07) is 30.7. The summed E-state index contributed by atoms with van der Waals surface area (Å²) in [4.78, 5) is 13.0. The number of amidine groups is 1. The molecule has 0 spiro atoms. The monoisotopic (exact) mass is 520 g/mol. The first-order valence-electron chi connectivity index (χ1n) is 14.5. The van der Waals surface area contributed by atoms with Crippen LogP contribution in [-0.2, 0) is 19.3 Å². The van der Waals surface area contributed by atoms with Crippen LogP contribution in [-0.4, -0.2) is 69.9 Å². The summed E-state index contributed by atoms with van der Waals surface area (Å²) in [5.74, 6) is 3.36. The molecule has 1 N–H and O–H groups in total. The van der Waals surface area contributed by atoms with E-state index in [0.717, 1.165) is 51.3 Å².